The molecule has 0 aliphatic heterocycles. The molecule has 1 amide bonds. The van der Waals surface area contributed by atoms with Gasteiger partial charge < -0.3 is 5.73 Å². The van der Waals surface area contributed by atoms with Gasteiger partial charge in [-0.15, -0.1) is 11.3 Å². The second-order valence-corrected chi connectivity index (χ2v) is 8.53. The Morgan fingerprint density at radius 3 is 2.75 bits per heavy atom. The molecule has 2 N–H and O–H groups in total. The molecule has 0 bridgehead atoms. The van der Waals surface area contributed by atoms with E-state index in [1.54, 1.807) is 29.9 Å². The standard InChI is InChI=1S/C18H16Cl3FN4OS/c1-25-16(14(19)9-24-25)13-7-15(28-17(13)20)18(27)26(21)12(8-23)6-10-3-2-4-11(22)5-10/h2-5,7,9,12H,6,8,23H2,1H3/t12-/m0/s1. The second kappa shape index (κ2) is 8.80. The summed E-state index contributed by atoms with van der Waals surface area (Å²) >= 11 is 19.9. The molecule has 28 heavy (non-hydrogen) atoms. The average molecular weight is 462 g/mol. The summed E-state index contributed by atoms with van der Waals surface area (Å²) in [5.41, 5.74) is 7.70. The molecule has 148 valence electrons. The van der Waals surface area contributed by atoms with Gasteiger partial charge >= 0.3 is 0 Å². The summed E-state index contributed by atoms with van der Waals surface area (Å²) in [6, 6.07) is 7.21. The molecule has 0 fully saturated rings. The van der Waals surface area contributed by atoms with E-state index in [1.807, 2.05) is 0 Å². The van der Waals surface area contributed by atoms with Gasteiger partial charge in [-0.2, -0.15) is 5.10 Å². The van der Waals surface area contributed by atoms with Crippen LogP contribution in [0.2, 0.25) is 9.36 Å². The average Bonchev–Trinajstić information content (AvgIpc) is 3.20. The van der Waals surface area contributed by atoms with Crippen molar-refractivity contribution in [3.05, 3.63) is 62.1 Å². The largest absolute Gasteiger partial charge is 0.328 e. The van der Waals surface area contributed by atoms with Crippen molar-refractivity contribution in [2.75, 3.05) is 6.54 Å². The lowest BCUT2D eigenvalue weighted by Crippen LogP contribution is -2.39. The van der Waals surface area contributed by atoms with E-state index in [2.05, 4.69) is 5.10 Å². The quantitative estimate of drug-likeness (QED) is 0.538. The molecule has 1 aromatic carbocycles. The van der Waals surface area contributed by atoms with E-state index in [0.717, 1.165) is 15.8 Å². The molecule has 0 unspecified atom stereocenters. The van der Waals surface area contributed by atoms with Gasteiger partial charge in [0.2, 0.25) is 0 Å². The molecule has 2 heterocycles. The van der Waals surface area contributed by atoms with E-state index in [9.17, 15) is 9.18 Å². The molecule has 2 aromatic heterocycles. The smallest absolute Gasteiger partial charge is 0.278 e. The van der Waals surface area contributed by atoms with Crippen molar-refractivity contribution < 1.29 is 9.18 Å². The lowest BCUT2D eigenvalue weighted by Gasteiger charge is -2.23. The number of nitrogens with zero attached hydrogens (tertiary/aromatic N) is 3. The Morgan fingerprint density at radius 2 is 2.14 bits per heavy atom. The molecule has 3 rings (SSSR count). The highest BCUT2D eigenvalue weighted by Crippen LogP contribution is 2.39. The molecule has 0 saturated heterocycles. The molecule has 0 spiro atoms. The van der Waals surface area contributed by atoms with E-state index in [4.69, 9.17) is 40.7 Å². The highest BCUT2D eigenvalue weighted by Gasteiger charge is 2.26. The van der Waals surface area contributed by atoms with Gasteiger partial charge in [0.15, 0.2) is 0 Å². The number of rotatable bonds is 6. The van der Waals surface area contributed by atoms with Crippen molar-refractivity contribution in [1.29, 1.82) is 0 Å². The zero-order chi connectivity index (χ0) is 20.4. The van der Waals surface area contributed by atoms with Crippen LogP contribution in [0.15, 0.2) is 36.5 Å². The van der Waals surface area contributed by atoms with Crippen LogP contribution in [0.4, 0.5) is 4.39 Å². The third kappa shape index (κ3) is 4.34. The maximum atomic E-state index is 13.4. The molecule has 5 nitrogen and oxygen atoms in total. The van der Waals surface area contributed by atoms with Crippen LogP contribution in [0, 0.1) is 5.82 Å². The zero-order valence-corrected chi connectivity index (χ0v) is 17.8. The number of benzene rings is 1. The van der Waals surface area contributed by atoms with Gasteiger partial charge in [-0.05, 0) is 30.2 Å². The molecule has 0 saturated carbocycles. The number of carbonyl (C=O) groups is 1. The first-order chi connectivity index (χ1) is 13.3. The SMILES string of the molecule is Cn1ncc(Cl)c1-c1cc(C(=O)N(Cl)[C@H](CN)Cc2cccc(F)c2)sc1Cl. The highest BCUT2D eigenvalue weighted by atomic mass is 35.5. The topological polar surface area (TPSA) is 64.2 Å². The second-order valence-electron chi connectivity index (χ2n) is 6.10. The Kier molecular flexibility index (Phi) is 6.62. The van der Waals surface area contributed by atoms with Gasteiger partial charge in [0.25, 0.3) is 5.91 Å². The van der Waals surface area contributed by atoms with Crippen molar-refractivity contribution in [3.8, 4) is 11.3 Å². The lowest BCUT2D eigenvalue weighted by molar-refractivity contribution is 0.0831. The monoisotopic (exact) mass is 460 g/mol. The summed E-state index contributed by atoms with van der Waals surface area (Å²) < 4.78 is 16.4. The Bertz CT molecular complexity index is 987. The molecule has 10 heteroatoms. The molecule has 0 radical (unpaired) electrons. The molecular weight excluding hydrogens is 446 g/mol. The predicted molar refractivity (Wildman–Crippen MR) is 112 cm³/mol. The lowest BCUT2D eigenvalue weighted by atomic mass is 10.1. The van der Waals surface area contributed by atoms with E-state index >= 15 is 0 Å². The van der Waals surface area contributed by atoms with E-state index < -0.39 is 11.9 Å². The number of carbonyl (C=O) groups excluding carboxylic acids is 1. The van der Waals surface area contributed by atoms with Crippen LogP contribution in [-0.2, 0) is 13.5 Å². The van der Waals surface area contributed by atoms with Gasteiger partial charge in [-0.1, -0.05) is 35.3 Å². The summed E-state index contributed by atoms with van der Waals surface area (Å²) in [6.45, 7) is 0.116. The number of halogens is 4. The number of hydrogen-bond donors (Lipinski definition) is 1. The molecular formula is C18H16Cl3FN4OS. The van der Waals surface area contributed by atoms with Crippen LogP contribution in [-0.4, -0.2) is 32.7 Å². The Morgan fingerprint density at radius 1 is 1.39 bits per heavy atom. The Hall–Kier alpha value is -1.64. The molecule has 3 aromatic rings. The molecule has 0 aliphatic rings. The van der Waals surface area contributed by atoms with Crippen LogP contribution in [0.3, 0.4) is 0 Å². The normalized spacial score (nSPS) is 12.2. The zero-order valence-electron chi connectivity index (χ0n) is 14.7. The Labute approximate surface area is 180 Å². The number of amides is 1. The number of hydrogen-bond acceptors (Lipinski definition) is 4. The summed E-state index contributed by atoms with van der Waals surface area (Å²) in [6.07, 6.45) is 1.83. The van der Waals surface area contributed by atoms with Gasteiger partial charge in [-0.3, -0.25) is 9.48 Å². The van der Waals surface area contributed by atoms with Gasteiger partial charge in [0.05, 0.1) is 27.8 Å². The third-order valence-electron chi connectivity index (χ3n) is 4.19. The van der Waals surface area contributed by atoms with Crippen molar-refractivity contribution in [2.24, 2.45) is 12.8 Å². The van der Waals surface area contributed by atoms with E-state index in [-0.39, 0.29) is 12.4 Å². The van der Waals surface area contributed by atoms with Crippen molar-refractivity contribution >= 4 is 52.2 Å². The predicted octanol–water partition coefficient (Wildman–Crippen LogP) is 4.76. The summed E-state index contributed by atoms with van der Waals surface area (Å²) in [5, 5.41) is 4.51. The number of aryl methyl sites for hydroxylation is 1. The van der Waals surface area contributed by atoms with Crippen molar-refractivity contribution in [3.63, 3.8) is 0 Å². The third-order valence-corrected chi connectivity index (χ3v) is 6.25. The fourth-order valence-electron chi connectivity index (χ4n) is 2.81. The van der Waals surface area contributed by atoms with Gasteiger partial charge in [0, 0.05) is 30.9 Å². The maximum Gasteiger partial charge on any atom is 0.278 e. The van der Waals surface area contributed by atoms with E-state index in [1.165, 1.54) is 18.3 Å². The van der Waals surface area contributed by atoms with Gasteiger partial charge in [0.1, 0.15) is 10.2 Å². The Balaban J connectivity index is 1.83. The number of nitrogens with two attached hydrogens (primary N) is 1. The minimum Gasteiger partial charge on any atom is -0.328 e. The first-order valence-corrected chi connectivity index (χ1v) is 10.1. The first-order valence-electron chi connectivity index (χ1n) is 8.22. The number of thiophene rings is 1. The van der Waals surface area contributed by atoms with Crippen LogP contribution in [0.1, 0.15) is 15.2 Å². The van der Waals surface area contributed by atoms with Crippen LogP contribution in [0.25, 0.3) is 11.3 Å². The maximum absolute atomic E-state index is 13.4. The molecule has 1 atom stereocenters. The van der Waals surface area contributed by atoms with Crippen molar-refractivity contribution in [2.45, 2.75) is 12.5 Å². The van der Waals surface area contributed by atoms with Crippen LogP contribution >= 0.6 is 46.3 Å². The fraction of sp³-hybridized carbons (Fsp3) is 0.222. The molecule has 0 aliphatic carbocycles. The highest BCUT2D eigenvalue weighted by molar-refractivity contribution is 7.18. The fourth-order valence-corrected chi connectivity index (χ4v) is 4.58. The van der Waals surface area contributed by atoms with Gasteiger partial charge in [-0.25, -0.2) is 8.81 Å². The first kappa shape index (κ1) is 21.1. The minimum absolute atomic E-state index is 0.116. The van der Waals surface area contributed by atoms with Crippen LogP contribution in [0.5, 0.6) is 0 Å². The van der Waals surface area contributed by atoms with Crippen molar-refractivity contribution in [1.82, 2.24) is 14.2 Å². The summed E-state index contributed by atoms with van der Waals surface area (Å²) in [5.74, 6) is -0.798. The summed E-state index contributed by atoms with van der Waals surface area (Å²) in [4.78, 5) is 13.2. The van der Waals surface area contributed by atoms with Crippen LogP contribution < -0.4 is 5.73 Å². The number of aromatic nitrogens is 2. The summed E-state index contributed by atoms with van der Waals surface area (Å²) in [7, 11) is 1.73. The minimum atomic E-state index is -0.513. The van der Waals surface area contributed by atoms with E-state index in [0.29, 0.717) is 37.5 Å².